The molecule has 2 aromatic carbocycles. The highest BCUT2D eigenvalue weighted by Gasteiger charge is 2.44. The molecule has 0 atom stereocenters. The Morgan fingerprint density at radius 3 is 1.69 bits per heavy atom. The average molecular weight is 344 g/mol. The van der Waals surface area contributed by atoms with Crippen LogP contribution in [-0.2, 0) is 0 Å². The summed E-state index contributed by atoms with van der Waals surface area (Å²) in [6.45, 7) is 2.13. The number of unbranched alkanes of at least 4 members (excludes halogenated alkanes) is 1. The van der Waals surface area contributed by atoms with Gasteiger partial charge in [0.2, 0.25) is 0 Å². The topological polar surface area (TPSA) is 34.1 Å². The van der Waals surface area contributed by atoms with Crippen LogP contribution in [0.1, 0.15) is 46.9 Å². The monoisotopic (exact) mass is 344 g/mol. The minimum absolute atomic E-state index is 0.105. The van der Waals surface area contributed by atoms with Crippen molar-refractivity contribution < 1.29 is 9.59 Å². The van der Waals surface area contributed by atoms with Crippen LogP contribution in [0.5, 0.6) is 0 Å². The number of rotatable bonds is 8. The van der Waals surface area contributed by atoms with E-state index in [1.807, 2.05) is 60.7 Å². The molecular weight excluding hydrogens is 320 g/mol. The molecule has 0 bridgehead atoms. The molecule has 0 heterocycles. The van der Waals surface area contributed by atoms with E-state index in [9.17, 15) is 9.59 Å². The van der Waals surface area contributed by atoms with Crippen LogP contribution >= 0.6 is 0 Å². The van der Waals surface area contributed by atoms with Gasteiger partial charge in [0.1, 0.15) is 0 Å². The maximum atomic E-state index is 13.4. The van der Waals surface area contributed by atoms with Gasteiger partial charge < -0.3 is 0 Å². The molecule has 0 fully saturated rings. The van der Waals surface area contributed by atoms with Gasteiger partial charge in [-0.15, -0.1) is 0 Å². The summed E-state index contributed by atoms with van der Waals surface area (Å²) in [4.78, 5) is 26.9. The molecular formula is C24H24O2. The number of allylic oxidation sites excluding steroid dienone is 4. The summed E-state index contributed by atoms with van der Waals surface area (Å²) in [5.74, 6) is -0.952. The first-order valence-corrected chi connectivity index (χ1v) is 9.23. The molecule has 0 unspecified atom stereocenters. The van der Waals surface area contributed by atoms with Crippen molar-refractivity contribution in [2.45, 2.75) is 26.2 Å². The normalized spacial score (nSPS) is 14.7. The minimum atomic E-state index is -0.742. The van der Waals surface area contributed by atoms with Crippen molar-refractivity contribution in [2.24, 2.45) is 11.3 Å². The number of benzene rings is 2. The molecule has 0 saturated carbocycles. The lowest BCUT2D eigenvalue weighted by Gasteiger charge is -2.33. The molecule has 3 rings (SSSR count). The van der Waals surface area contributed by atoms with Crippen LogP contribution in [0.25, 0.3) is 0 Å². The third-order valence-corrected chi connectivity index (χ3v) is 5.07. The van der Waals surface area contributed by atoms with E-state index in [0.717, 1.165) is 19.3 Å². The molecule has 0 aliphatic heterocycles. The summed E-state index contributed by atoms with van der Waals surface area (Å²) in [5, 5.41) is 0. The summed E-state index contributed by atoms with van der Waals surface area (Å²) < 4.78 is 0. The number of ketones is 2. The van der Waals surface area contributed by atoms with Crippen molar-refractivity contribution in [3.63, 3.8) is 0 Å². The molecule has 1 aliphatic carbocycles. The van der Waals surface area contributed by atoms with E-state index >= 15 is 0 Å². The van der Waals surface area contributed by atoms with E-state index in [2.05, 4.69) is 6.92 Å². The smallest absolute Gasteiger partial charge is 0.174 e. The van der Waals surface area contributed by atoms with Gasteiger partial charge in [0, 0.05) is 16.5 Å². The summed E-state index contributed by atoms with van der Waals surface area (Å²) in [6.07, 6.45) is 10.8. The van der Waals surface area contributed by atoms with Gasteiger partial charge in [-0.2, -0.15) is 0 Å². The third-order valence-electron chi connectivity index (χ3n) is 5.07. The lowest BCUT2D eigenvalue weighted by Crippen LogP contribution is -2.38. The first-order valence-electron chi connectivity index (χ1n) is 9.23. The van der Waals surface area contributed by atoms with Crippen molar-refractivity contribution in [1.29, 1.82) is 0 Å². The Labute approximate surface area is 155 Å². The van der Waals surface area contributed by atoms with Gasteiger partial charge in [-0.3, -0.25) is 9.59 Å². The van der Waals surface area contributed by atoms with Gasteiger partial charge in [-0.05, 0) is 6.42 Å². The Balaban J connectivity index is 2.07. The standard InChI is InChI=1S/C24H24O2/c1-2-3-16-24(17-10-11-18-24)21(22(25)19-12-6-4-7-13-19)23(26)20-14-8-5-9-15-20/h4-15,17-18,21H,2-3,16H2,1H3. The average Bonchev–Trinajstić information content (AvgIpc) is 3.17. The zero-order valence-corrected chi connectivity index (χ0v) is 15.1. The van der Waals surface area contributed by atoms with Crippen molar-refractivity contribution >= 4 is 11.6 Å². The number of hydrogen-bond donors (Lipinski definition) is 0. The third kappa shape index (κ3) is 3.60. The molecule has 0 saturated heterocycles. The van der Waals surface area contributed by atoms with E-state index in [1.54, 1.807) is 24.3 Å². The highest BCUT2D eigenvalue weighted by Crippen LogP contribution is 2.43. The molecule has 2 aromatic rings. The zero-order valence-electron chi connectivity index (χ0n) is 15.1. The molecule has 0 aromatic heterocycles. The largest absolute Gasteiger partial charge is 0.293 e. The fourth-order valence-corrected chi connectivity index (χ4v) is 3.66. The molecule has 2 nitrogen and oxygen atoms in total. The second kappa shape index (κ2) is 8.09. The summed E-state index contributed by atoms with van der Waals surface area (Å²) >= 11 is 0. The van der Waals surface area contributed by atoms with Gasteiger partial charge in [-0.25, -0.2) is 0 Å². The Morgan fingerprint density at radius 1 is 0.808 bits per heavy atom. The Bertz CT molecular complexity index is 752. The SMILES string of the molecule is CCCCC1(C(C(=O)c2ccccc2)C(=O)c2ccccc2)C=CC=C1. The molecule has 132 valence electrons. The minimum Gasteiger partial charge on any atom is -0.293 e. The van der Waals surface area contributed by atoms with Crippen molar-refractivity contribution in [2.75, 3.05) is 0 Å². The molecule has 0 amide bonds. The molecule has 0 N–H and O–H groups in total. The van der Waals surface area contributed by atoms with Gasteiger partial charge in [0.15, 0.2) is 11.6 Å². The van der Waals surface area contributed by atoms with Crippen LogP contribution in [0.2, 0.25) is 0 Å². The van der Waals surface area contributed by atoms with Crippen molar-refractivity contribution in [3.05, 3.63) is 96.1 Å². The predicted molar refractivity (Wildman–Crippen MR) is 105 cm³/mol. The fourth-order valence-electron chi connectivity index (χ4n) is 3.66. The number of carbonyl (C=O) groups excluding carboxylic acids is 2. The zero-order chi connectivity index (χ0) is 18.4. The van der Waals surface area contributed by atoms with Crippen LogP contribution in [0.3, 0.4) is 0 Å². The van der Waals surface area contributed by atoms with Crippen molar-refractivity contribution in [1.82, 2.24) is 0 Å². The van der Waals surface area contributed by atoms with Crippen LogP contribution in [0.4, 0.5) is 0 Å². The second-order valence-electron chi connectivity index (χ2n) is 6.83. The van der Waals surface area contributed by atoms with Gasteiger partial charge >= 0.3 is 0 Å². The molecule has 0 spiro atoms. The number of carbonyl (C=O) groups is 2. The Kier molecular flexibility index (Phi) is 5.62. The maximum absolute atomic E-state index is 13.4. The van der Waals surface area contributed by atoms with Gasteiger partial charge in [0.25, 0.3) is 0 Å². The second-order valence-corrected chi connectivity index (χ2v) is 6.83. The summed E-state index contributed by atoms with van der Waals surface area (Å²) in [7, 11) is 0. The Hall–Kier alpha value is -2.74. The van der Waals surface area contributed by atoms with Crippen LogP contribution < -0.4 is 0 Å². The van der Waals surface area contributed by atoms with E-state index < -0.39 is 11.3 Å². The van der Waals surface area contributed by atoms with Crippen LogP contribution in [0, 0.1) is 11.3 Å². The predicted octanol–water partition coefficient (Wildman–Crippen LogP) is 5.67. The fraction of sp³-hybridized carbons (Fsp3) is 0.250. The first kappa shape index (κ1) is 18.1. The van der Waals surface area contributed by atoms with Crippen LogP contribution in [-0.4, -0.2) is 11.6 Å². The molecule has 26 heavy (non-hydrogen) atoms. The number of hydrogen-bond acceptors (Lipinski definition) is 2. The quantitative estimate of drug-likeness (QED) is 0.456. The highest BCUT2D eigenvalue weighted by atomic mass is 16.2. The highest BCUT2D eigenvalue weighted by molar-refractivity contribution is 6.17. The Morgan fingerprint density at radius 2 is 1.27 bits per heavy atom. The van der Waals surface area contributed by atoms with E-state index in [0.29, 0.717) is 11.1 Å². The lowest BCUT2D eigenvalue weighted by molar-refractivity contribution is 0.0720. The van der Waals surface area contributed by atoms with E-state index in [1.165, 1.54) is 0 Å². The summed E-state index contributed by atoms with van der Waals surface area (Å²) in [5.41, 5.74) is 0.633. The number of Topliss-reactive ketones (excluding diaryl/α,β-unsaturated/α-hetero) is 2. The molecule has 2 heteroatoms. The van der Waals surface area contributed by atoms with Crippen molar-refractivity contribution in [3.8, 4) is 0 Å². The van der Waals surface area contributed by atoms with Crippen LogP contribution in [0.15, 0.2) is 85.0 Å². The maximum Gasteiger partial charge on any atom is 0.174 e. The van der Waals surface area contributed by atoms with E-state index in [-0.39, 0.29) is 11.6 Å². The first-order chi connectivity index (χ1) is 12.7. The lowest BCUT2D eigenvalue weighted by atomic mass is 9.67. The van der Waals surface area contributed by atoms with Gasteiger partial charge in [-0.1, -0.05) is 105 Å². The van der Waals surface area contributed by atoms with Gasteiger partial charge in [0.05, 0.1) is 5.92 Å². The molecule has 1 aliphatic rings. The molecule has 0 radical (unpaired) electrons. The summed E-state index contributed by atoms with van der Waals surface area (Å²) in [6, 6.07) is 18.3. The van der Waals surface area contributed by atoms with E-state index in [4.69, 9.17) is 0 Å².